The number of ether oxygens (including phenoxy) is 1. The van der Waals surface area contributed by atoms with E-state index >= 15 is 0 Å². The number of hydrogen-bond donors (Lipinski definition) is 1. The van der Waals surface area contributed by atoms with Crippen LogP contribution < -0.4 is 5.32 Å². The van der Waals surface area contributed by atoms with E-state index in [-0.39, 0.29) is 0 Å². The summed E-state index contributed by atoms with van der Waals surface area (Å²) < 4.78 is 5.31. The van der Waals surface area contributed by atoms with Crippen LogP contribution >= 0.6 is 0 Å². The topological polar surface area (TPSA) is 24.5 Å². The Kier molecular flexibility index (Phi) is 8.51. The summed E-state index contributed by atoms with van der Waals surface area (Å²) >= 11 is 0. The van der Waals surface area contributed by atoms with Crippen molar-refractivity contribution in [3.05, 3.63) is 35.9 Å². The van der Waals surface area contributed by atoms with Gasteiger partial charge in [-0.25, -0.2) is 0 Å². The van der Waals surface area contributed by atoms with Crippen molar-refractivity contribution in [2.45, 2.75) is 38.8 Å². The average Bonchev–Trinajstić information content (AvgIpc) is 2.46. The van der Waals surface area contributed by atoms with Gasteiger partial charge in [-0.2, -0.15) is 0 Å². The van der Waals surface area contributed by atoms with Gasteiger partial charge in [0.1, 0.15) is 0 Å². The molecule has 0 fully saturated rings. The second kappa shape index (κ2) is 9.92. The highest BCUT2D eigenvalue weighted by atomic mass is 16.5. The summed E-state index contributed by atoms with van der Waals surface area (Å²) in [5.74, 6) is 0. The van der Waals surface area contributed by atoms with E-state index in [2.05, 4.69) is 61.4 Å². The van der Waals surface area contributed by atoms with E-state index in [9.17, 15) is 0 Å². The largest absolute Gasteiger partial charge is 0.383 e. The van der Waals surface area contributed by atoms with Gasteiger partial charge < -0.3 is 15.0 Å². The molecule has 1 aromatic carbocycles. The Morgan fingerprint density at radius 1 is 1.15 bits per heavy atom. The van der Waals surface area contributed by atoms with Crippen molar-refractivity contribution in [2.75, 3.05) is 33.9 Å². The molecule has 114 valence electrons. The Morgan fingerprint density at radius 2 is 1.85 bits per heavy atom. The lowest BCUT2D eigenvalue weighted by Gasteiger charge is -2.21. The van der Waals surface area contributed by atoms with Crippen LogP contribution in [0.3, 0.4) is 0 Å². The van der Waals surface area contributed by atoms with Crippen LogP contribution in [0, 0.1) is 0 Å². The Morgan fingerprint density at radius 3 is 2.45 bits per heavy atom. The summed E-state index contributed by atoms with van der Waals surface area (Å²) in [6.45, 7) is 7.40. The lowest BCUT2D eigenvalue weighted by molar-refractivity contribution is 0.166. The van der Waals surface area contributed by atoms with Crippen molar-refractivity contribution < 1.29 is 4.74 Å². The molecule has 0 aliphatic heterocycles. The molecule has 0 bridgehead atoms. The van der Waals surface area contributed by atoms with Gasteiger partial charge in [-0.05, 0) is 52.4 Å². The fourth-order valence-corrected chi connectivity index (χ4v) is 2.15. The fourth-order valence-electron chi connectivity index (χ4n) is 2.15. The number of hydrogen-bond acceptors (Lipinski definition) is 3. The summed E-state index contributed by atoms with van der Waals surface area (Å²) in [5.41, 5.74) is 1.30. The number of nitrogens with zero attached hydrogens (tertiary/aromatic N) is 1. The number of rotatable bonds is 10. The minimum atomic E-state index is 0.295. The smallest absolute Gasteiger partial charge is 0.0657 e. The molecule has 0 aromatic heterocycles. The molecule has 0 amide bonds. The summed E-state index contributed by atoms with van der Waals surface area (Å²) in [5, 5.41) is 3.60. The van der Waals surface area contributed by atoms with Gasteiger partial charge in [0.25, 0.3) is 0 Å². The van der Waals surface area contributed by atoms with E-state index in [1.54, 1.807) is 7.11 Å². The summed E-state index contributed by atoms with van der Waals surface area (Å²) in [4.78, 5) is 2.39. The van der Waals surface area contributed by atoms with Gasteiger partial charge in [0.2, 0.25) is 0 Å². The molecule has 0 radical (unpaired) electrons. The minimum Gasteiger partial charge on any atom is -0.383 e. The molecule has 0 spiro atoms. The summed E-state index contributed by atoms with van der Waals surface area (Å²) in [7, 11) is 3.95. The molecule has 0 heterocycles. The molecule has 3 nitrogen and oxygen atoms in total. The lowest BCUT2D eigenvalue weighted by atomic mass is 10.1. The third kappa shape index (κ3) is 6.51. The maximum absolute atomic E-state index is 5.31. The first-order valence-corrected chi connectivity index (χ1v) is 7.62. The molecular formula is C17H30N2O. The van der Waals surface area contributed by atoms with E-state index in [1.165, 1.54) is 24.9 Å². The Labute approximate surface area is 124 Å². The van der Waals surface area contributed by atoms with E-state index in [4.69, 9.17) is 4.74 Å². The van der Waals surface area contributed by atoms with Crippen molar-refractivity contribution in [1.82, 2.24) is 10.2 Å². The molecule has 0 aliphatic carbocycles. The monoisotopic (exact) mass is 278 g/mol. The Balaban J connectivity index is 2.27. The van der Waals surface area contributed by atoms with Gasteiger partial charge in [0.15, 0.2) is 0 Å². The molecule has 0 saturated carbocycles. The first-order chi connectivity index (χ1) is 9.65. The molecule has 1 atom stereocenters. The fraction of sp³-hybridized carbons (Fsp3) is 0.647. The molecule has 1 aromatic rings. The van der Waals surface area contributed by atoms with Crippen molar-refractivity contribution in [1.29, 1.82) is 0 Å². The zero-order valence-electron chi connectivity index (χ0n) is 13.4. The second-order valence-electron chi connectivity index (χ2n) is 5.65. The van der Waals surface area contributed by atoms with Crippen LogP contribution in [0.4, 0.5) is 0 Å². The normalized spacial score (nSPS) is 13.1. The quantitative estimate of drug-likeness (QED) is 0.666. The molecule has 20 heavy (non-hydrogen) atoms. The Hall–Kier alpha value is -0.900. The van der Waals surface area contributed by atoms with Crippen LogP contribution in [-0.2, 0) is 4.74 Å². The number of unbranched alkanes of at least 4 members (excludes halogenated alkanes) is 1. The first-order valence-electron chi connectivity index (χ1n) is 7.62. The third-order valence-corrected chi connectivity index (χ3v) is 3.75. The van der Waals surface area contributed by atoms with Gasteiger partial charge in [0, 0.05) is 13.2 Å². The number of benzene rings is 1. The highest BCUT2D eigenvalue weighted by molar-refractivity contribution is 5.18. The van der Waals surface area contributed by atoms with Crippen molar-refractivity contribution in [3.63, 3.8) is 0 Å². The van der Waals surface area contributed by atoms with E-state index in [0.29, 0.717) is 12.1 Å². The van der Waals surface area contributed by atoms with Crippen LogP contribution in [0.25, 0.3) is 0 Å². The number of methoxy groups -OCH3 is 1. The van der Waals surface area contributed by atoms with Crippen LogP contribution in [0.2, 0.25) is 0 Å². The standard InChI is InChI=1S/C17H30N2O/c1-15(2)19(3)13-9-8-12-18-17(14-20-4)16-10-6-5-7-11-16/h5-7,10-11,15,17-18H,8-9,12-14H2,1-4H3. The molecule has 1 rings (SSSR count). The highest BCUT2D eigenvalue weighted by Gasteiger charge is 2.09. The molecule has 0 saturated heterocycles. The van der Waals surface area contributed by atoms with Crippen molar-refractivity contribution in [3.8, 4) is 0 Å². The molecule has 3 heteroatoms. The zero-order valence-corrected chi connectivity index (χ0v) is 13.4. The molecular weight excluding hydrogens is 248 g/mol. The maximum Gasteiger partial charge on any atom is 0.0657 e. The highest BCUT2D eigenvalue weighted by Crippen LogP contribution is 2.12. The van der Waals surface area contributed by atoms with Crippen LogP contribution in [0.1, 0.15) is 38.3 Å². The molecule has 0 aliphatic rings. The zero-order chi connectivity index (χ0) is 14.8. The second-order valence-corrected chi connectivity index (χ2v) is 5.65. The van der Waals surface area contributed by atoms with E-state index in [0.717, 1.165) is 13.2 Å². The van der Waals surface area contributed by atoms with Crippen LogP contribution in [0.15, 0.2) is 30.3 Å². The minimum absolute atomic E-state index is 0.295. The first kappa shape index (κ1) is 17.2. The third-order valence-electron chi connectivity index (χ3n) is 3.75. The predicted molar refractivity (Wildman–Crippen MR) is 86.1 cm³/mol. The van der Waals surface area contributed by atoms with Crippen molar-refractivity contribution in [2.24, 2.45) is 0 Å². The van der Waals surface area contributed by atoms with Gasteiger partial charge in [-0.3, -0.25) is 0 Å². The van der Waals surface area contributed by atoms with Crippen LogP contribution in [-0.4, -0.2) is 44.8 Å². The predicted octanol–water partition coefficient (Wildman–Crippen LogP) is 3.08. The maximum atomic E-state index is 5.31. The van der Waals surface area contributed by atoms with E-state index < -0.39 is 0 Å². The molecule has 1 N–H and O–H groups in total. The van der Waals surface area contributed by atoms with Gasteiger partial charge in [0.05, 0.1) is 12.6 Å². The molecule has 1 unspecified atom stereocenters. The average molecular weight is 278 g/mol. The summed E-state index contributed by atoms with van der Waals surface area (Å²) in [6, 6.07) is 11.5. The SMILES string of the molecule is COCC(NCCCCN(C)C(C)C)c1ccccc1. The van der Waals surface area contributed by atoms with E-state index in [1.807, 2.05) is 0 Å². The van der Waals surface area contributed by atoms with Gasteiger partial charge >= 0.3 is 0 Å². The lowest BCUT2D eigenvalue weighted by Crippen LogP contribution is -2.29. The van der Waals surface area contributed by atoms with Gasteiger partial charge in [-0.1, -0.05) is 30.3 Å². The van der Waals surface area contributed by atoms with Crippen molar-refractivity contribution >= 4 is 0 Å². The Bertz CT molecular complexity index is 340. The van der Waals surface area contributed by atoms with Crippen LogP contribution in [0.5, 0.6) is 0 Å². The number of nitrogens with one attached hydrogen (secondary N) is 1. The van der Waals surface area contributed by atoms with Gasteiger partial charge in [-0.15, -0.1) is 0 Å². The summed E-state index contributed by atoms with van der Waals surface area (Å²) in [6.07, 6.45) is 2.43.